The summed E-state index contributed by atoms with van der Waals surface area (Å²) >= 11 is 0. The minimum absolute atomic E-state index is 0.374. The van der Waals surface area contributed by atoms with Crippen molar-refractivity contribution in [1.82, 2.24) is 0 Å². The lowest BCUT2D eigenvalue weighted by atomic mass is 10.0. The SMILES string of the molecule is C=C(C)C(=O)OC(N)(CC)CCCCCCCCCCCCCCCCCCC. The quantitative estimate of drug-likeness (QED) is 0.0899. The maximum absolute atomic E-state index is 11.7. The van der Waals surface area contributed by atoms with E-state index in [2.05, 4.69) is 13.5 Å². The first kappa shape index (κ1) is 28.2. The van der Waals surface area contributed by atoms with Crippen LogP contribution in [0.1, 0.15) is 143 Å². The van der Waals surface area contributed by atoms with Gasteiger partial charge in [0.15, 0.2) is 5.72 Å². The van der Waals surface area contributed by atoms with Gasteiger partial charge in [-0.05, 0) is 19.8 Å². The summed E-state index contributed by atoms with van der Waals surface area (Å²) < 4.78 is 5.42. The van der Waals surface area contributed by atoms with E-state index in [1.807, 2.05) is 6.92 Å². The summed E-state index contributed by atoms with van der Waals surface area (Å²) in [5, 5.41) is 0. The predicted molar refractivity (Wildman–Crippen MR) is 127 cm³/mol. The number of hydrogen-bond donors (Lipinski definition) is 1. The van der Waals surface area contributed by atoms with Crippen molar-refractivity contribution in [2.45, 2.75) is 148 Å². The van der Waals surface area contributed by atoms with Crippen LogP contribution in [0, 0.1) is 0 Å². The first-order valence-electron chi connectivity index (χ1n) is 12.6. The van der Waals surface area contributed by atoms with Gasteiger partial charge in [-0.2, -0.15) is 0 Å². The smallest absolute Gasteiger partial charge is 0.334 e. The molecule has 3 heteroatoms. The summed E-state index contributed by atoms with van der Waals surface area (Å²) in [5.74, 6) is -0.374. The third-order valence-electron chi connectivity index (χ3n) is 5.95. The normalized spacial score (nSPS) is 13.2. The van der Waals surface area contributed by atoms with Gasteiger partial charge in [-0.3, -0.25) is 5.73 Å². The Morgan fingerprint density at radius 3 is 1.38 bits per heavy atom. The van der Waals surface area contributed by atoms with Crippen LogP contribution in [0.25, 0.3) is 0 Å². The van der Waals surface area contributed by atoms with E-state index in [0.717, 1.165) is 12.8 Å². The molecular formula is C26H51NO2. The number of carbonyl (C=O) groups is 1. The van der Waals surface area contributed by atoms with E-state index in [9.17, 15) is 4.79 Å². The van der Waals surface area contributed by atoms with Crippen LogP contribution in [0.4, 0.5) is 0 Å². The minimum atomic E-state index is -0.828. The van der Waals surface area contributed by atoms with Gasteiger partial charge in [0.2, 0.25) is 0 Å². The third-order valence-corrected chi connectivity index (χ3v) is 5.95. The van der Waals surface area contributed by atoms with Gasteiger partial charge in [0.05, 0.1) is 0 Å². The molecule has 0 fully saturated rings. The molecule has 0 aliphatic heterocycles. The van der Waals surface area contributed by atoms with Gasteiger partial charge < -0.3 is 4.74 Å². The van der Waals surface area contributed by atoms with Gasteiger partial charge in [0.1, 0.15) is 0 Å². The molecule has 0 aromatic carbocycles. The number of ether oxygens (including phenoxy) is 1. The first-order valence-corrected chi connectivity index (χ1v) is 12.6. The highest BCUT2D eigenvalue weighted by molar-refractivity contribution is 5.87. The van der Waals surface area contributed by atoms with Crippen molar-refractivity contribution in [2.24, 2.45) is 5.73 Å². The zero-order chi connectivity index (χ0) is 21.8. The van der Waals surface area contributed by atoms with E-state index < -0.39 is 5.72 Å². The molecule has 29 heavy (non-hydrogen) atoms. The molecule has 172 valence electrons. The summed E-state index contributed by atoms with van der Waals surface area (Å²) in [6.45, 7) is 9.54. The molecule has 1 atom stereocenters. The van der Waals surface area contributed by atoms with Crippen LogP contribution in [0.5, 0.6) is 0 Å². The summed E-state index contributed by atoms with van der Waals surface area (Å²) in [6, 6.07) is 0. The molecular weight excluding hydrogens is 358 g/mol. The van der Waals surface area contributed by atoms with Crippen LogP contribution in [0.15, 0.2) is 12.2 Å². The molecule has 0 radical (unpaired) electrons. The summed E-state index contributed by atoms with van der Waals surface area (Å²) in [6.07, 6.45) is 24.5. The number of hydrogen-bond acceptors (Lipinski definition) is 3. The van der Waals surface area contributed by atoms with Crippen LogP contribution >= 0.6 is 0 Å². The number of unbranched alkanes of at least 4 members (excludes halogenated alkanes) is 16. The fourth-order valence-corrected chi connectivity index (χ4v) is 3.72. The average Bonchev–Trinajstić information content (AvgIpc) is 2.70. The minimum Gasteiger partial charge on any atom is -0.441 e. The summed E-state index contributed by atoms with van der Waals surface area (Å²) in [4.78, 5) is 11.7. The molecule has 0 saturated heterocycles. The highest BCUT2D eigenvalue weighted by atomic mass is 16.6. The molecule has 0 amide bonds. The molecule has 0 heterocycles. The highest BCUT2D eigenvalue weighted by Gasteiger charge is 2.27. The Balaban J connectivity index is 3.40. The van der Waals surface area contributed by atoms with Crippen LogP contribution in [0.3, 0.4) is 0 Å². The van der Waals surface area contributed by atoms with Crippen molar-refractivity contribution in [2.75, 3.05) is 0 Å². The third kappa shape index (κ3) is 17.7. The number of nitrogens with two attached hydrogens (primary N) is 1. The Hall–Kier alpha value is -0.830. The molecule has 1 unspecified atom stereocenters. The Labute approximate surface area is 182 Å². The Morgan fingerprint density at radius 1 is 0.724 bits per heavy atom. The zero-order valence-electron chi connectivity index (χ0n) is 20.0. The standard InChI is InChI=1S/C26H51NO2/c1-5-7-8-9-10-11-12-13-14-15-16-17-18-19-20-21-22-23-26(27,6-2)29-25(28)24(3)4/h3,5-23,27H2,1-2,4H3. The highest BCUT2D eigenvalue weighted by Crippen LogP contribution is 2.20. The van der Waals surface area contributed by atoms with E-state index in [1.165, 1.54) is 103 Å². The molecule has 0 saturated carbocycles. The fraction of sp³-hybridized carbons (Fsp3) is 0.885. The van der Waals surface area contributed by atoms with Crippen LogP contribution in [-0.4, -0.2) is 11.7 Å². The molecule has 0 aliphatic rings. The zero-order valence-corrected chi connectivity index (χ0v) is 20.0. The van der Waals surface area contributed by atoms with E-state index in [-0.39, 0.29) is 5.97 Å². The van der Waals surface area contributed by atoms with Crippen molar-refractivity contribution in [1.29, 1.82) is 0 Å². The lowest BCUT2D eigenvalue weighted by molar-refractivity contribution is -0.155. The number of carbonyl (C=O) groups excluding carboxylic acids is 1. The lowest BCUT2D eigenvalue weighted by Crippen LogP contribution is -2.44. The van der Waals surface area contributed by atoms with Crippen molar-refractivity contribution in [3.8, 4) is 0 Å². The van der Waals surface area contributed by atoms with Gasteiger partial charge in [-0.25, -0.2) is 4.79 Å². The second-order valence-corrected chi connectivity index (χ2v) is 9.00. The monoisotopic (exact) mass is 409 g/mol. The van der Waals surface area contributed by atoms with Crippen LogP contribution < -0.4 is 5.73 Å². The van der Waals surface area contributed by atoms with Gasteiger partial charge in [0.25, 0.3) is 0 Å². The maximum atomic E-state index is 11.7. The molecule has 0 bridgehead atoms. The van der Waals surface area contributed by atoms with Crippen LogP contribution in [-0.2, 0) is 9.53 Å². The molecule has 0 rings (SSSR count). The van der Waals surface area contributed by atoms with Gasteiger partial charge in [0, 0.05) is 12.0 Å². The predicted octanol–water partition coefficient (Wildman–Crippen LogP) is 8.21. The molecule has 0 spiro atoms. The summed E-state index contributed by atoms with van der Waals surface area (Å²) in [5.41, 5.74) is 5.80. The second-order valence-electron chi connectivity index (χ2n) is 9.00. The average molecular weight is 410 g/mol. The first-order chi connectivity index (χ1) is 13.9. The molecule has 0 aliphatic carbocycles. The van der Waals surface area contributed by atoms with Crippen molar-refractivity contribution < 1.29 is 9.53 Å². The van der Waals surface area contributed by atoms with Gasteiger partial charge in [-0.1, -0.05) is 123 Å². The number of rotatable bonds is 21. The van der Waals surface area contributed by atoms with E-state index in [0.29, 0.717) is 12.0 Å². The van der Waals surface area contributed by atoms with Crippen LogP contribution in [0.2, 0.25) is 0 Å². The Morgan fingerprint density at radius 2 is 1.07 bits per heavy atom. The lowest BCUT2D eigenvalue weighted by Gasteiger charge is -2.28. The molecule has 2 N–H and O–H groups in total. The summed E-state index contributed by atoms with van der Waals surface area (Å²) in [7, 11) is 0. The van der Waals surface area contributed by atoms with Gasteiger partial charge >= 0.3 is 5.97 Å². The molecule has 3 nitrogen and oxygen atoms in total. The number of esters is 1. The molecule has 0 aromatic heterocycles. The largest absolute Gasteiger partial charge is 0.441 e. The second kappa shape index (κ2) is 19.2. The maximum Gasteiger partial charge on any atom is 0.334 e. The Kier molecular flexibility index (Phi) is 18.6. The van der Waals surface area contributed by atoms with E-state index in [4.69, 9.17) is 10.5 Å². The van der Waals surface area contributed by atoms with Crippen molar-refractivity contribution >= 4 is 5.97 Å². The van der Waals surface area contributed by atoms with Crippen molar-refractivity contribution in [3.63, 3.8) is 0 Å². The van der Waals surface area contributed by atoms with E-state index in [1.54, 1.807) is 6.92 Å². The van der Waals surface area contributed by atoms with Gasteiger partial charge in [-0.15, -0.1) is 0 Å². The topological polar surface area (TPSA) is 52.3 Å². The molecule has 0 aromatic rings. The fourth-order valence-electron chi connectivity index (χ4n) is 3.72. The Bertz CT molecular complexity index is 408. The van der Waals surface area contributed by atoms with Crippen molar-refractivity contribution in [3.05, 3.63) is 12.2 Å². The van der Waals surface area contributed by atoms with E-state index >= 15 is 0 Å².